The first kappa shape index (κ1) is 72.0. The van der Waals surface area contributed by atoms with Crippen LogP contribution in [0.2, 0.25) is 0 Å². The van der Waals surface area contributed by atoms with E-state index < -0.39 is 144 Å². The van der Waals surface area contributed by atoms with Crippen LogP contribution >= 0.6 is 0 Å². The lowest BCUT2D eigenvalue weighted by Gasteiger charge is -2.41. The molecule has 2 saturated heterocycles. The van der Waals surface area contributed by atoms with Crippen molar-refractivity contribution >= 4 is 59.1 Å². The third-order valence-electron chi connectivity index (χ3n) is 15.8. The summed E-state index contributed by atoms with van der Waals surface area (Å²) in [5, 5.41) is 28.3. The molecule has 0 radical (unpaired) electrons. The lowest BCUT2D eigenvalue weighted by atomic mass is 9.95. The molecular weight excluding hydrogens is 1080 g/mol. The Bertz CT molecular complexity index is 2400. The molecule has 474 valence electrons. The standard InChI is InChI=1S/C60H102N12O12/c1-19-38(6)51-55(79)63-43(57(81)72-28-24-21-25-29-72)33-48(74)61-39(7)52(76)62-41(9)70(17)71(18)47(32-42-26-22-20-23-27-42)58(82)68(15)46(31-37(4)5)54(78)65-50(40(8)73)59(83)66(13)34-49(75)67(14)45(30-36(2)3)53(77)64-44(56(80)69(51)16)35-84-60(10,11)12/h20,22-23,26-27,36-41,43-47,50-51,73H,19,21,24-25,28-35H2,1-18H3,(H,61,74)(H,62,76)(H,63,79)(H,64,77)(H,65,78)/t38-,39-,40+,41+,43-,44-,45-,46-,47-,50-,51-/m0/s1. The van der Waals surface area contributed by atoms with Crippen LogP contribution in [0.5, 0.6) is 0 Å². The van der Waals surface area contributed by atoms with Gasteiger partial charge in [-0.3, -0.25) is 47.9 Å². The fourth-order valence-electron chi connectivity index (χ4n) is 10.3. The Morgan fingerprint density at radius 1 is 0.655 bits per heavy atom. The van der Waals surface area contributed by atoms with Gasteiger partial charge in [-0.15, -0.1) is 0 Å². The monoisotopic (exact) mass is 1180 g/mol. The number of nitrogens with one attached hydrogen (secondary N) is 5. The minimum absolute atomic E-state index is 0.108. The minimum atomic E-state index is -1.59. The van der Waals surface area contributed by atoms with E-state index in [1.54, 1.807) is 63.6 Å². The summed E-state index contributed by atoms with van der Waals surface area (Å²) in [4.78, 5) is 151. The fourth-order valence-corrected chi connectivity index (χ4v) is 10.3. The second kappa shape index (κ2) is 32.9. The molecule has 2 aliphatic rings. The SMILES string of the molecule is CC[C@H](C)[C@H]1C(=O)N[C@H](C(=O)N2CCCCC2)CC(=O)N[C@@H](C)C(=O)N[C@@H](C)N(C)N(C)[C@@H](Cc2ccccc2)C(=O)N(C)[C@@H](CC(C)C)C(=O)N[C@@H]([C@@H](C)O)C(=O)N(C)CC(=O)N(C)[C@@H](CC(C)C)C(=O)N[C@@H](COC(C)(C)C)C(=O)N1C. The number of carbonyl (C=O) groups is 10. The van der Waals surface area contributed by atoms with Gasteiger partial charge in [-0.25, -0.2) is 10.0 Å². The number of hydrogen-bond donors (Lipinski definition) is 6. The maximum atomic E-state index is 15.0. The molecule has 10 amide bonds. The molecule has 6 N–H and O–H groups in total. The summed E-state index contributed by atoms with van der Waals surface area (Å²) in [6.45, 7) is 20.6. The number of carbonyl (C=O) groups excluding carboxylic acids is 10. The van der Waals surface area contributed by atoms with E-state index >= 15 is 4.79 Å². The van der Waals surface area contributed by atoms with Crippen LogP contribution in [0.4, 0.5) is 0 Å². The van der Waals surface area contributed by atoms with Gasteiger partial charge in [0.25, 0.3) is 0 Å². The van der Waals surface area contributed by atoms with Crippen LogP contribution in [-0.4, -0.2) is 233 Å². The Balaban J connectivity index is 2.25. The van der Waals surface area contributed by atoms with Crippen molar-refractivity contribution in [1.82, 2.24) is 61.1 Å². The molecule has 2 fully saturated rings. The van der Waals surface area contributed by atoms with E-state index in [4.69, 9.17) is 4.74 Å². The molecule has 0 aromatic heterocycles. The number of hydrogen-bond acceptors (Lipinski definition) is 14. The zero-order valence-electron chi connectivity index (χ0n) is 53.4. The van der Waals surface area contributed by atoms with Crippen molar-refractivity contribution in [3.8, 4) is 0 Å². The molecular formula is C60H102N12O12. The summed E-state index contributed by atoms with van der Waals surface area (Å²) >= 11 is 0. The van der Waals surface area contributed by atoms with Crippen molar-refractivity contribution in [1.29, 1.82) is 0 Å². The molecule has 2 heterocycles. The summed E-state index contributed by atoms with van der Waals surface area (Å²) in [5.41, 5.74) is -0.0250. The first-order valence-corrected chi connectivity index (χ1v) is 29.8. The van der Waals surface area contributed by atoms with Crippen LogP contribution < -0.4 is 26.6 Å². The Labute approximate surface area is 499 Å². The average molecular weight is 1180 g/mol. The number of hydrazine groups is 1. The molecule has 0 spiro atoms. The summed E-state index contributed by atoms with van der Waals surface area (Å²) < 4.78 is 6.10. The van der Waals surface area contributed by atoms with Crippen LogP contribution in [0.1, 0.15) is 134 Å². The zero-order valence-corrected chi connectivity index (χ0v) is 53.4. The number of nitrogens with zero attached hydrogens (tertiary/aromatic N) is 7. The molecule has 3 rings (SSSR count). The molecule has 24 heteroatoms. The van der Waals surface area contributed by atoms with E-state index in [9.17, 15) is 48.3 Å². The highest BCUT2D eigenvalue weighted by Gasteiger charge is 2.42. The first-order chi connectivity index (χ1) is 39.1. The van der Waals surface area contributed by atoms with Crippen molar-refractivity contribution in [2.75, 3.05) is 68.5 Å². The van der Waals surface area contributed by atoms with E-state index in [0.717, 1.165) is 16.9 Å². The van der Waals surface area contributed by atoms with Crippen molar-refractivity contribution in [2.24, 2.45) is 17.8 Å². The van der Waals surface area contributed by atoms with Crippen molar-refractivity contribution in [3.63, 3.8) is 0 Å². The van der Waals surface area contributed by atoms with Crippen molar-refractivity contribution in [3.05, 3.63) is 35.9 Å². The van der Waals surface area contributed by atoms with Gasteiger partial charge in [-0.2, -0.15) is 0 Å². The van der Waals surface area contributed by atoms with Crippen LogP contribution in [-0.2, 0) is 59.1 Å². The number of amides is 10. The van der Waals surface area contributed by atoms with Gasteiger partial charge in [0.2, 0.25) is 59.1 Å². The highest BCUT2D eigenvalue weighted by Crippen LogP contribution is 2.22. The highest BCUT2D eigenvalue weighted by atomic mass is 16.5. The van der Waals surface area contributed by atoms with Crippen molar-refractivity contribution < 1.29 is 57.8 Å². The molecule has 1 aromatic carbocycles. The third kappa shape index (κ3) is 21.1. The van der Waals surface area contributed by atoms with Crippen LogP contribution in [0, 0.1) is 17.8 Å². The van der Waals surface area contributed by atoms with Gasteiger partial charge in [0.05, 0.1) is 37.4 Å². The first-order valence-electron chi connectivity index (χ1n) is 29.8. The second-order valence-corrected chi connectivity index (χ2v) is 24.9. The minimum Gasteiger partial charge on any atom is -0.391 e. The number of ether oxygens (including phenoxy) is 1. The summed E-state index contributed by atoms with van der Waals surface area (Å²) in [5.74, 6) is -7.66. The second-order valence-electron chi connectivity index (χ2n) is 24.9. The quantitative estimate of drug-likeness (QED) is 0.173. The van der Waals surface area contributed by atoms with Gasteiger partial charge >= 0.3 is 0 Å². The Kier molecular flexibility index (Phi) is 28.2. The predicted molar refractivity (Wildman–Crippen MR) is 319 cm³/mol. The number of rotatable bonds is 12. The predicted octanol–water partition coefficient (Wildman–Crippen LogP) is 1.49. The van der Waals surface area contributed by atoms with Gasteiger partial charge in [-0.05, 0) is 103 Å². The Morgan fingerprint density at radius 3 is 1.75 bits per heavy atom. The maximum Gasteiger partial charge on any atom is 0.248 e. The van der Waals surface area contributed by atoms with Gasteiger partial charge in [0.1, 0.15) is 48.3 Å². The molecule has 2 aliphatic heterocycles. The molecule has 0 aliphatic carbocycles. The zero-order chi connectivity index (χ0) is 63.7. The average Bonchev–Trinajstić information content (AvgIpc) is 3.08. The lowest BCUT2D eigenvalue weighted by molar-refractivity contribution is -0.152. The van der Waals surface area contributed by atoms with Crippen molar-refractivity contribution in [2.45, 2.75) is 201 Å². The lowest BCUT2D eigenvalue weighted by Crippen LogP contribution is -2.62. The van der Waals surface area contributed by atoms with Gasteiger partial charge < -0.3 is 60.9 Å². The molecule has 0 unspecified atom stereocenters. The molecule has 0 bridgehead atoms. The molecule has 0 saturated carbocycles. The van der Waals surface area contributed by atoms with Crippen LogP contribution in [0.15, 0.2) is 30.3 Å². The topological polar surface area (TPSA) is 283 Å². The van der Waals surface area contributed by atoms with Gasteiger partial charge in [0.15, 0.2) is 0 Å². The van der Waals surface area contributed by atoms with E-state index in [1.165, 1.54) is 56.7 Å². The Hall–Kier alpha value is -6.24. The molecule has 1 aromatic rings. The summed E-state index contributed by atoms with van der Waals surface area (Å²) in [6, 6.07) is -0.976. The largest absolute Gasteiger partial charge is 0.391 e. The Morgan fingerprint density at radius 2 is 1.21 bits per heavy atom. The maximum absolute atomic E-state index is 15.0. The molecule has 11 atom stereocenters. The summed E-state index contributed by atoms with van der Waals surface area (Å²) in [6.07, 6.45) is 0.265. The van der Waals surface area contributed by atoms with E-state index in [-0.39, 0.29) is 37.7 Å². The number of benzene rings is 1. The molecule has 84 heavy (non-hydrogen) atoms. The number of piperidine rings is 1. The van der Waals surface area contributed by atoms with E-state index in [0.29, 0.717) is 32.4 Å². The van der Waals surface area contributed by atoms with Gasteiger partial charge in [-0.1, -0.05) is 78.3 Å². The number of likely N-dealkylation sites (N-methyl/N-ethyl adjacent to an activating group) is 5. The van der Waals surface area contributed by atoms with E-state index in [1.807, 2.05) is 65.0 Å². The van der Waals surface area contributed by atoms with Gasteiger partial charge in [0, 0.05) is 55.4 Å². The van der Waals surface area contributed by atoms with E-state index in [2.05, 4.69) is 26.6 Å². The smallest absolute Gasteiger partial charge is 0.248 e. The number of aliphatic hydroxyl groups excluding tert-OH is 1. The normalized spacial score (nSPS) is 27.0. The summed E-state index contributed by atoms with van der Waals surface area (Å²) in [7, 11) is 8.93. The third-order valence-corrected chi connectivity index (χ3v) is 15.8. The van der Waals surface area contributed by atoms with Crippen LogP contribution in [0.25, 0.3) is 0 Å². The number of aliphatic hydroxyl groups is 1. The fraction of sp³-hybridized carbons (Fsp3) is 0.733. The molecule has 24 nitrogen and oxygen atoms in total. The number of likely N-dealkylation sites (tertiary alicyclic amines) is 1. The van der Waals surface area contributed by atoms with Crippen LogP contribution in [0.3, 0.4) is 0 Å². The highest BCUT2D eigenvalue weighted by molar-refractivity contribution is 5.98.